The average molecular weight is 238 g/mol. The Morgan fingerprint density at radius 1 is 1.59 bits per heavy atom. The molecule has 0 aliphatic carbocycles. The second-order valence-electron chi connectivity index (χ2n) is 4.82. The highest BCUT2D eigenvalue weighted by atomic mass is 16.3. The molecule has 2 atom stereocenters. The van der Waals surface area contributed by atoms with Crippen LogP contribution in [0.5, 0.6) is 0 Å². The van der Waals surface area contributed by atoms with Crippen molar-refractivity contribution < 1.29 is 9.52 Å². The van der Waals surface area contributed by atoms with Gasteiger partial charge in [0.15, 0.2) is 5.89 Å². The van der Waals surface area contributed by atoms with E-state index in [0.29, 0.717) is 11.7 Å². The van der Waals surface area contributed by atoms with E-state index in [0.717, 1.165) is 18.9 Å². The minimum Gasteiger partial charge on any atom is -0.449 e. The maximum absolute atomic E-state index is 9.41. The average Bonchev–Trinajstić information content (AvgIpc) is 2.78. The third-order valence-corrected chi connectivity index (χ3v) is 3.56. The van der Waals surface area contributed by atoms with Crippen LogP contribution in [0.15, 0.2) is 10.7 Å². The predicted octanol–water partition coefficient (Wildman–Crippen LogP) is 2.14. The van der Waals surface area contributed by atoms with Crippen LogP contribution in [0.4, 0.5) is 0 Å². The number of likely N-dealkylation sites (tertiary alicyclic amines) is 1. The SMILES string of the molecule is CCN1CCCCC1Cc1nc(C(C)O)co1. The van der Waals surface area contributed by atoms with Gasteiger partial charge in [0.2, 0.25) is 0 Å². The molecule has 1 aromatic rings. The highest BCUT2D eigenvalue weighted by molar-refractivity contribution is 5.01. The molecule has 1 fully saturated rings. The number of hydrogen-bond donors (Lipinski definition) is 1. The summed E-state index contributed by atoms with van der Waals surface area (Å²) in [5.41, 5.74) is 0.638. The minimum absolute atomic E-state index is 0.541. The Balaban J connectivity index is 1.98. The molecule has 1 aromatic heterocycles. The number of likely N-dealkylation sites (N-methyl/N-ethyl adjacent to an activating group) is 1. The van der Waals surface area contributed by atoms with E-state index in [1.165, 1.54) is 25.8 Å². The number of nitrogens with zero attached hydrogens (tertiary/aromatic N) is 2. The Bertz CT molecular complexity index is 349. The van der Waals surface area contributed by atoms with Gasteiger partial charge in [0, 0.05) is 12.5 Å². The Hall–Kier alpha value is -0.870. The van der Waals surface area contributed by atoms with Crippen molar-refractivity contribution in [3.63, 3.8) is 0 Å². The fourth-order valence-electron chi connectivity index (χ4n) is 2.52. The van der Waals surface area contributed by atoms with Crippen molar-refractivity contribution in [2.75, 3.05) is 13.1 Å². The van der Waals surface area contributed by atoms with Crippen molar-refractivity contribution in [2.24, 2.45) is 0 Å². The molecule has 1 aliphatic rings. The fourth-order valence-corrected chi connectivity index (χ4v) is 2.52. The summed E-state index contributed by atoms with van der Waals surface area (Å²) < 4.78 is 5.42. The molecule has 17 heavy (non-hydrogen) atoms. The Labute approximate surface area is 103 Å². The van der Waals surface area contributed by atoms with Crippen LogP contribution < -0.4 is 0 Å². The number of aliphatic hydroxyl groups excluding tert-OH is 1. The highest BCUT2D eigenvalue weighted by Crippen LogP contribution is 2.21. The van der Waals surface area contributed by atoms with Gasteiger partial charge in [0.25, 0.3) is 0 Å². The molecule has 0 spiro atoms. The topological polar surface area (TPSA) is 49.5 Å². The highest BCUT2D eigenvalue weighted by Gasteiger charge is 2.23. The first-order chi connectivity index (χ1) is 8.20. The molecule has 1 saturated heterocycles. The zero-order valence-corrected chi connectivity index (χ0v) is 10.7. The molecule has 4 nitrogen and oxygen atoms in total. The third kappa shape index (κ3) is 3.07. The summed E-state index contributed by atoms with van der Waals surface area (Å²) in [6.45, 7) is 6.19. The second kappa shape index (κ2) is 5.65. The van der Waals surface area contributed by atoms with Gasteiger partial charge >= 0.3 is 0 Å². The quantitative estimate of drug-likeness (QED) is 0.873. The molecule has 0 amide bonds. The molecular formula is C13H22N2O2. The van der Waals surface area contributed by atoms with Gasteiger partial charge in [-0.1, -0.05) is 13.3 Å². The molecule has 4 heteroatoms. The number of aliphatic hydroxyl groups is 1. The summed E-state index contributed by atoms with van der Waals surface area (Å²) in [6.07, 6.45) is 5.71. The van der Waals surface area contributed by atoms with Gasteiger partial charge in [-0.2, -0.15) is 0 Å². The number of aromatic nitrogens is 1. The maximum atomic E-state index is 9.41. The summed E-state index contributed by atoms with van der Waals surface area (Å²) in [6, 6.07) is 0.550. The van der Waals surface area contributed by atoms with E-state index in [4.69, 9.17) is 4.42 Å². The van der Waals surface area contributed by atoms with Crippen molar-refractivity contribution in [1.82, 2.24) is 9.88 Å². The fraction of sp³-hybridized carbons (Fsp3) is 0.769. The lowest BCUT2D eigenvalue weighted by Gasteiger charge is -2.34. The predicted molar refractivity (Wildman–Crippen MR) is 65.7 cm³/mol. The van der Waals surface area contributed by atoms with Crippen molar-refractivity contribution >= 4 is 0 Å². The normalized spacial score (nSPS) is 23.8. The van der Waals surface area contributed by atoms with Gasteiger partial charge in [0.05, 0.1) is 6.10 Å². The van der Waals surface area contributed by atoms with E-state index >= 15 is 0 Å². The van der Waals surface area contributed by atoms with Crippen molar-refractivity contribution in [3.05, 3.63) is 17.8 Å². The molecule has 2 unspecified atom stereocenters. The standard InChI is InChI=1S/C13H22N2O2/c1-3-15-7-5-4-6-11(15)8-13-14-12(9-17-13)10(2)16/h9-11,16H,3-8H2,1-2H3. The lowest BCUT2D eigenvalue weighted by Crippen LogP contribution is -2.40. The van der Waals surface area contributed by atoms with E-state index < -0.39 is 6.10 Å². The third-order valence-electron chi connectivity index (χ3n) is 3.56. The van der Waals surface area contributed by atoms with Crippen molar-refractivity contribution in [3.8, 4) is 0 Å². The van der Waals surface area contributed by atoms with E-state index in [2.05, 4.69) is 16.8 Å². The lowest BCUT2D eigenvalue weighted by molar-refractivity contribution is 0.149. The van der Waals surface area contributed by atoms with Crippen molar-refractivity contribution in [2.45, 2.75) is 51.7 Å². The maximum Gasteiger partial charge on any atom is 0.195 e. The van der Waals surface area contributed by atoms with E-state index in [9.17, 15) is 5.11 Å². The van der Waals surface area contributed by atoms with E-state index in [1.54, 1.807) is 13.2 Å². The summed E-state index contributed by atoms with van der Waals surface area (Å²) >= 11 is 0. The van der Waals surface area contributed by atoms with Crippen LogP contribution >= 0.6 is 0 Å². The molecule has 0 bridgehead atoms. The first-order valence-electron chi connectivity index (χ1n) is 6.57. The van der Waals surface area contributed by atoms with Crippen LogP contribution in [0.3, 0.4) is 0 Å². The van der Waals surface area contributed by atoms with Crippen LogP contribution in [0.25, 0.3) is 0 Å². The zero-order valence-electron chi connectivity index (χ0n) is 10.7. The second-order valence-corrected chi connectivity index (χ2v) is 4.82. The van der Waals surface area contributed by atoms with Gasteiger partial charge in [-0.15, -0.1) is 0 Å². The molecule has 1 N–H and O–H groups in total. The molecule has 0 saturated carbocycles. The lowest BCUT2D eigenvalue weighted by atomic mass is 9.99. The van der Waals surface area contributed by atoms with Gasteiger partial charge in [-0.3, -0.25) is 0 Å². The van der Waals surface area contributed by atoms with Crippen LogP contribution in [0, 0.1) is 0 Å². The number of rotatable bonds is 4. The molecule has 96 valence electrons. The van der Waals surface area contributed by atoms with Gasteiger partial charge < -0.3 is 14.4 Å². The summed E-state index contributed by atoms with van der Waals surface area (Å²) in [7, 11) is 0. The molecule has 0 aromatic carbocycles. The van der Waals surface area contributed by atoms with E-state index in [-0.39, 0.29) is 0 Å². The van der Waals surface area contributed by atoms with Gasteiger partial charge in [-0.25, -0.2) is 4.98 Å². The number of piperidine rings is 1. The van der Waals surface area contributed by atoms with Gasteiger partial charge in [0.1, 0.15) is 12.0 Å². The van der Waals surface area contributed by atoms with E-state index in [1.807, 2.05) is 0 Å². The smallest absolute Gasteiger partial charge is 0.195 e. The summed E-state index contributed by atoms with van der Waals surface area (Å²) in [5.74, 6) is 0.756. The molecule has 0 radical (unpaired) electrons. The van der Waals surface area contributed by atoms with Crippen LogP contribution in [-0.2, 0) is 6.42 Å². The molecule has 1 aliphatic heterocycles. The Morgan fingerprint density at radius 3 is 3.06 bits per heavy atom. The van der Waals surface area contributed by atoms with Crippen LogP contribution in [-0.4, -0.2) is 34.1 Å². The minimum atomic E-state index is -0.541. The largest absolute Gasteiger partial charge is 0.449 e. The monoisotopic (exact) mass is 238 g/mol. The van der Waals surface area contributed by atoms with Crippen LogP contribution in [0.1, 0.15) is 50.8 Å². The first-order valence-corrected chi connectivity index (χ1v) is 6.57. The molecule has 2 heterocycles. The number of oxazole rings is 1. The summed E-state index contributed by atoms with van der Waals surface area (Å²) in [5, 5.41) is 9.41. The summed E-state index contributed by atoms with van der Waals surface area (Å²) in [4.78, 5) is 6.83. The number of hydrogen-bond acceptors (Lipinski definition) is 4. The van der Waals surface area contributed by atoms with Crippen molar-refractivity contribution in [1.29, 1.82) is 0 Å². The Kier molecular flexibility index (Phi) is 4.18. The zero-order chi connectivity index (χ0) is 12.3. The van der Waals surface area contributed by atoms with Gasteiger partial charge in [-0.05, 0) is 32.9 Å². The Morgan fingerprint density at radius 2 is 2.41 bits per heavy atom. The first kappa shape index (κ1) is 12.6. The van der Waals surface area contributed by atoms with Crippen LogP contribution in [0.2, 0.25) is 0 Å². The molecule has 2 rings (SSSR count). The molecular weight excluding hydrogens is 216 g/mol.